The standard InChI is InChI=1S/C28H24Cl2N2O3S/c1-17-3-10-26(25(30)11-17)32-18(2)15-31-28(32)36-16-23(33)13-22-9-8-21(14-24(22)29)20-6-4-19(5-7-20)12-27(34)35/h3-11,14-15H,12-13,16H2,1-2H3,(H,34,35). The second kappa shape index (κ2) is 11.3. The summed E-state index contributed by atoms with van der Waals surface area (Å²) in [7, 11) is 0. The van der Waals surface area contributed by atoms with Gasteiger partial charge in [-0.15, -0.1) is 0 Å². The van der Waals surface area contributed by atoms with Crippen molar-refractivity contribution in [1.29, 1.82) is 0 Å². The average Bonchev–Trinajstić information content (AvgIpc) is 3.19. The predicted octanol–water partition coefficient (Wildman–Crippen LogP) is 6.99. The summed E-state index contributed by atoms with van der Waals surface area (Å²) in [6.07, 6.45) is 1.97. The highest BCUT2D eigenvalue weighted by molar-refractivity contribution is 7.99. The maximum atomic E-state index is 12.8. The lowest BCUT2D eigenvalue weighted by molar-refractivity contribution is -0.136. The third kappa shape index (κ3) is 6.19. The van der Waals surface area contributed by atoms with E-state index in [9.17, 15) is 9.59 Å². The van der Waals surface area contributed by atoms with E-state index in [1.54, 1.807) is 18.3 Å². The Morgan fingerprint density at radius 2 is 1.64 bits per heavy atom. The average molecular weight is 539 g/mol. The number of Topliss-reactive ketones (excluding diaryl/α,β-unsaturated/α-hetero) is 1. The molecular weight excluding hydrogens is 515 g/mol. The number of benzene rings is 3. The first-order valence-electron chi connectivity index (χ1n) is 11.3. The van der Waals surface area contributed by atoms with E-state index in [1.165, 1.54) is 11.8 Å². The van der Waals surface area contributed by atoms with E-state index >= 15 is 0 Å². The molecule has 0 bridgehead atoms. The van der Waals surface area contributed by atoms with E-state index in [4.69, 9.17) is 28.3 Å². The SMILES string of the molecule is Cc1ccc(-n2c(C)cnc2SCC(=O)Cc2ccc(-c3ccc(CC(=O)O)cc3)cc2Cl)c(Cl)c1. The van der Waals surface area contributed by atoms with E-state index in [1.807, 2.05) is 66.9 Å². The molecule has 5 nitrogen and oxygen atoms in total. The Hall–Kier alpha value is -3.06. The maximum absolute atomic E-state index is 12.8. The molecule has 0 saturated heterocycles. The minimum Gasteiger partial charge on any atom is -0.481 e. The molecule has 0 spiro atoms. The smallest absolute Gasteiger partial charge is 0.307 e. The van der Waals surface area contributed by atoms with Crippen molar-refractivity contribution in [1.82, 2.24) is 9.55 Å². The quantitative estimate of drug-likeness (QED) is 0.232. The molecular formula is C28H24Cl2N2O3S. The van der Waals surface area contributed by atoms with Crippen LogP contribution < -0.4 is 0 Å². The monoisotopic (exact) mass is 538 g/mol. The number of aryl methyl sites for hydroxylation is 2. The summed E-state index contributed by atoms with van der Waals surface area (Å²) in [5.74, 6) is -0.575. The second-order valence-corrected chi connectivity index (χ2v) is 10.3. The number of halogens is 2. The zero-order valence-corrected chi connectivity index (χ0v) is 22.1. The zero-order valence-electron chi connectivity index (χ0n) is 19.8. The van der Waals surface area contributed by atoms with Crippen molar-refractivity contribution in [2.45, 2.75) is 31.8 Å². The molecule has 0 aliphatic rings. The molecule has 0 fully saturated rings. The van der Waals surface area contributed by atoms with Crippen molar-refractivity contribution in [2.75, 3.05) is 5.75 Å². The molecule has 8 heteroatoms. The molecule has 0 saturated carbocycles. The number of aromatic nitrogens is 2. The van der Waals surface area contributed by atoms with Crippen LogP contribution >= 0.6 is 35.0 Å². The maximum Gasteiger partial charge on any atom is 0.307 e. The van der Waals surface area contributed by atoms with Crippen molar-refractivity contribution in [3.05, 3.63) is 99.3 Å². The van der Waals surface area contributed by atoms with E-state index in [-0.39, 0.29) is 24.4 Å². The predicted molar refractivity (Wildman–Crippen MR) is 146 cm³/mol. The fraction of sp³-hybridized carbons (Fsp3) is 0.179. The lowest BCUT2D eigenvalue weighted by Gasteiger charge is -2.12. The van der Waals surface area contributed by atoms with Gasteiger partial charge in [0, 0.05) is 23.3 Å². The molecule has 3 aromatic carbocycles. The summed E-state index contributed by atoms with van der Waals surface area (Å²) >= 11 is 14.4. The summed E-state index contributed by atoms with van der Waals surface area (Å²) < 4.78 is 1.96. The summed E-state index contributed by atoms with van der Waals surface area (Å²) in [6, 6.07) is 18.8. The van der Waals surface area contributed by atoms with Gasteiger partial charge in [0.2, 0.25) is 0 Å². The van der Waals surface area contributed by atoms with Crippen LogP contribution in [0, 0.1) is 13.8 Å². The molecule has 0 amide bonds. The molecule has 0 atom stereocenters. The normalized spacial score (nSPS) is 11.0. The number of aliphatic carboxylic acids is 1. The van der Waals surface area contributed by atoms with E-state index in [2.05, 4.69) is 4.98 Å². The van der Waals surface area contributed by atoms with Crippen LogP contribution in [-0.4, -0.2) is 32.2 Å². The molecule has 184 valence electrons. The number of nitrogens with zero attached hydrogens (tertiary/aromatic N) is 2. The fourth-order valence-corrected chi connectivity index (χ4v) is 5.33. The van der Waals surface area contributed by atoms with Crippen molar-refractivity contribution in [3.63, 3.8) is 0 Å². The number of carboxylic acids is 1. The molecule has 36 heavy (non-hydrogen) atoms. The summed E-state index contributed by atoms with van der Waals surface area (Å²) in [5, 5.41) is 10.8. The number of hydrogen-bond acceptors (Lipinski definition) is 4. The summed E-state index contributed by atoms with van der Waals surface area (Å²) in [6.45, 7) is 3.94. The number of carbonyl (C=O) groups excluding carboxylic acids is 1. The number of thioether (sulfide) groups is 1. The van der Waals surface area contributed by atoms with Gasteiger partial charge in [-0.1, -0.05) is 77.4 Å². The third-order valence-corrected chi connectivity index (χ3v) is 7.36. The molecule has 0 radical (unpaired) electrons. The minimum atomic E-state index is -0.865. The molecule has 1 aromatic heterocycles. The van der Waals surface area contributed by atoms with Crippen LogP contribution in [0.3, 0.4) is 0 Å². The number of rotatable bonds is 9. The first-order valence-corrected chi connectivity index (χ1v) is 13.0. The van der Waals surface area contributed by atoms with Crippen LogP contribution in [0.1, 0.15) is 22.4 Å². The second-order valence-electron chi connectivity index (χ2n) is 8.55. The Balaban J connectivity index is 1.42. The molecule has 0 aliphatic carbocycles. The number of imidazole rings is 1. The summed E-state index contributed by atoms with van der Waals surface area (Å²) in [5.41, 5.74) is 6.17. The Labute approximate surface area is 224 Å². The van der Waals surface area contributed by atoms with Crippen molar-refractivity contribution in [2.24, 2.45) is 0 Å². The van der Waals surface area contributed by atoms with Crippen LogP contribution in [0.5, 0.6) is 0 Å². The van der Waals surface area contributed by atoms with Gasteiger partial charge in [-0.05, 0) is 59.9 Å². The van der Waals surface area contributed by atoms with E-state index < -0.39 is 5.97 Å². The molecule has 4 rings (SSSR count). The van der Waals surface area contributed by atoms with Crippen LogP contribution in [0.15, 0.2) is 72.0 Å². The van der Waals surface area contributed by atoms with Gasteiger partial charge in [-0.2, -0.15) is 0 Å². The van der Waals surface area contributed by atoms with Gasteiger partial charge < -0.3 is 5.11 Å². The van der Waals surface area contributed by atoms with Gasteiger partial charge in [0.15, 0.2) is 5.16 Å². The molecule has 4 aromatic rings. The van der Waals surface area contributed by atoms with Crippen molar-refractivity contribution in [3.8, 4) is 16.8 Å². The highest BCUT2D eigenvalue weighted by Gasteiger charge is 2.15. The Morgan fingerprint density at radius 3 is 2.31 bits per heavy atom. The van der Waals surface area contributed by atoms with Gasteiger partial charge in [0.25, 0.3) is 0 Å². The Kier molecular flexibility index (Phi) is 8.19. The van der Waals surface area contributed by atoms with Crippen LogP contribution in [0.25, 0.3) is 16.8 Å². The topological polar surface area (TPSA) is 72.2 Å². The van der Waals surface area contributed by atoms with Gasteiger partial charge in [-0.3, -0.25) is 14.2 Å². The Morgan fingerprint density at radius 1 is 0.917 bits per heavy atom. The molecule has 1 N–H and O–H groups in total. The molecule has 0 aliphatic heterocycles. The van der Waals surface area contributed by atoms with Crippen molar-refractivity contribution < 1.29 is 14.7 Å². The largest absolute Gasteiger partial charge is 0.481 e. The number of ketones is 1. The highest BCUT2D eigenvalue weighted by atomic mass is 35.5. The van der Waals surface area contributed by atoms with Gasteiger partial charge in [0.05, 0.1) is 22.9 Å². The van der Waals surface area contributed by atoms with Crippen LogP contribution in [0.4, 0.5) is 0 Å². The minimum absolute atomic E-state index is 0.0159. The molecule has 1 heterocycles. The highest BCUT2D eigenvalue weighted by Crippen LogP contribution is 2.30. The van der Waals surface area contributed by atoms with Crippen molar-refractivity contribution >= 4 is 46.7 Å². The molecule has 0 unspecified atom stereocenters. The third-order valence-electron chi connectivity index (χ3n) is 5.70. The lowest BCUT2D eigenvalue weighted by atomic mass is 10.0. The van der Waals surface area contributed by atoms with Gasteiger partial charge >= 0.3 is 5.97 Å². The van der Waals surface area contributed by atoms with E-state index in [0.717, 1.165) is 39.2 Å². The fourth-order valence-electron chi connectivity index (χ4n) is 3.87. The van der Waals surface area contributed by atoms with Crippen LogP contribution in [0.2, 0.25) is 10.0 Å². The lowest BCUT2D eigenvalue weighted by Crippen LogP contribution is -2.08. The van der Waals surface area contributed by atoms with Gasteiger partial charge in [0.1, 0.15) is 5.78 Å². The summed E-state index contributed by atoms with van der Waals surface area (Å²) in [4.78, 5) is 28.1. The Bertz CT molecular complexity index is 1430. The van der Waals surface area contributed by atoms with Gasteiger partial charge in [-0.25, -0.2) is 4.98 Å². The number of hydrogen-bond donors (Lipinski definition) is 1. The van der Waals surface area contributed by atoms with E-state index in [0.29, 0.717) is 15.2 Å². The zero-order chi connectivity index (χ0) is 25.8. The van der Waals surface area contributed by atoms with Crippen LogP contribution in [-0.2, 0) is 22.4 Å². The first-order chi connectivity index (χ1) is 17.2. The first kappa shape index (κ1) is 26.0. The number of carbonyl (C=O) groups is 2. The number of carboxylic acid groups (broad SMARTS) is 1.